The van der Waals surface area contributed by atoms with Crippen LogP contribution >= 0.6 is 0 Å². The molecule has 0 aromatic carbocycles. The first kappa shape index (κ1) is 8.27. The number of hydrogen-bond acceptors (Lipinski definition) is 2. The second-order valence-electron chi connectivity index (χ2n) is 2.94. The van der Waals surface area contributed by atoms with Crippen molar-refractivity contribution in [3.63, 3.8) is 0 Å². The average Bonchev–Trinajstić information content (AvgIpc) is 2.36. The first-order valence-corrected chi connectivity index (χ1v) is 3.92. The Morgan fingerprint density at radius 3 is 2.91 bits per heavy atom. The van der Waals surface area contributed by atoms with E-state index in [1.54, 1.807) is 0 Å². The molecule has 1 rings (SSSR count). The summed E-state index contributed by atoms with van der Waals surface area (Å²) in [5.41, 5.74) is 6.58. The fourth-order valence-corrected chi connectivity index (χ4v) is 1.09. The van der Waals surface area contributed by atoms with Crippen LogP contribution in [0.4, 0.5) is 0 Å². The minimum Gasteiger partial charge on any atom is -0.340 e. The van der Waals surface area contributed by atoms with Gasteiger partial charge in [0.1, 0.15) is 0 Å². The van der Waals surface area contributed by atoms with E-state index in [0.717, 1.165) is 18.7 Å². The number of rotatable bonds is 3. The van der Waals surface area contributed by atoms with Gasteiger partial charge in [-0.1, -0.05) is 6.92 Å². The highest BCUT2D eigenvalue weighted by Gasteiger charge is 2.05. The van der Waals surface area contributed by atoms with Gasteiger partial charge in [-0.25, -0.2) is 4.98 Å². The third kappa shape index (κ3) is 2.05. The Balaban J connectivity index is 2.60. The normalized spacial score (nSPS) is 13.4. The van der Waals surface area contributed by atoms with E-state index in [-0.39, 0.29) is 0 Å². The Labute approximate surface area is 67.2 Å². The molecule has 0 saturated heterocycles. The molecule has 11 heavy (non-hydrogen) atoms. The Kier molecular flexibility index (Phi) is 2.65. The molecule has 0 radical (unpaired) electrons. The van der Waals surface area contributed by atoms with Gasteiger partial charge in [0.25, 0.3) is 0 Å². The number of aromatic nitrogens is 2. The molecule has 1 aromatic heterocycles. The lowest BCUT2D eigenvalue weighted by atomic mass is 10.1. The van der Waals surface area contributed by atoms with Gasteiger partial charge in [0.15, 0.2) is 0 Å². The highest BCUT2D eigenvalue weighted by molar-refractivity contribution is 5.02. The van der Waals surface area contributed by atoms with Crippen LogP contribution in [0.2, 0.25) is 0 Å². The van der Waals surface area contributed by atoms with Crippen molar-refractivity contribution in [2.45, 2.75) is 19.3 Å². The quantitative estimate of drug-likeness (QED) is 0.700. The van der Waals surface area contributed by atoms with E-state index in [1.165, 1.54) is 0 Å². The van der Waals surface area contributed by atoms with Crippen molar-refractivity contribution in [3.8, 4) is 0 Å². The SMILES string of the molecule is CC(CCN)c1cn(C)cn1. The molecule has 0 amide bonds. The van der Waals surface area contributed by atoms with Gasteiger partial charge < -0.3 is 10.3 Å². The van der Waals surface area contributed by atoms with Gasteiger partial charge in [-0.3, -0.25) is 0 Å². The van der Waals surface area contributed by atoms with Gasteiger partial charge >= 0.3 is 0 Å². The molecule has 0 spiro atoms. The summed E-state index contributed by atoms with van der Waals surface area (Å²) in [5, 5.41) is 0. The number of hydrogen-bond donors (Lipinski definition) is 1. The van der Waals surface area contributed by atoms with E-state index in [2.05, 4.69) is 11.9 Å². The number of aryl methyl sites for hydroxylation is 1. The summed E-state index contributed by atoms with van der Waals surface area (Å²) in [4.78, 5) is 4.24. The molecule has 0 fully saturated rings. The fourth-order valence-electron chi connectivity index (χ4n) is 1.09. The van der Waals surface area contributed by atoms with Crippen LogP contribution in [0, 0.1) is 0 Å². The summed E-state index contributed by atoms with van der Waals surface area (Å²) < 4.78 is 1.96. The monoisotopic (exact) mass is 153 g/mol. The van der Waals surface area contributed by atoms with Crippen LogP contribution in [0.1, 0.15) is 25.0 Å². The van der Waals surface area contributed by atoms with Crippen molar-refractivity contribution >= 4 is 0 Å². The zero-order chi connectivity index (χ0) is 8.27. The number of imidazole rings is 1. The van der Waals surface area contributed by atoms with E-state index in [4.69, 9.17) is 5.73 Å². The van der Waals surface area contributed by atoms with Gasteiger partial charge in [0, 0.05) is 19.2 Å². The lowest BCUT2D eigenvalue weighted by molar-refractivity contribution is 0.673. The van der Waals surface area contributed by atoms with Gasteiger partial charge in [-0.2, -0.15) is 0 Å². The van der Waals surface area contributed by atoms with Gasteiger partial charge in [-0.05, 0) is 13.0 Å². The maximum absolute atomic E-state index is 5.44. The first-order valence-electron chi connectivity index (χ1n) is 3.92. The summed E-state index contributed by atoms with van der Waals surface area (Å²) in [7, 11) is 1.98. The summed E-state index contributed by atoms with van der Waals surface area (Å²) >= 11 is 0. The predicted molar refractivity (Wildman–Crippen MR) is 45.3 cm³/mol. The molecule has 2 N–H and O–H groups in total. The molecule has 0 bridgehead atoms. The van der Waals surface area contributed by atoms with Crippen molar-refractivity contribution in [1.82, 2.24) is 9.55 Å². The zero-order valence-corrected chi connectivity index (χ0v) is 7.12. The van der Waals surface area contributed by atoms with Crippen LogP contribution < -0.4 is 5.73 Å². The molecular formula is C8H15N3. The van der Waals surface area contributed by atoms with Crippen LogP contribution in [0.5, 0.6) is 0 Å². The Bertz CT molecular complexity index is 217. The maximum Gasteiger partial charge on any atom is 0.0946 e. The molecule has 0 aliphatic carbocycles. The summed E-state index contributed by atoms with van der Waals surface area (Å²) in [5.74, 6) is 0.487. The molecule has 0 aliphatic rings. The van der Waals surface area contributed by atoms with Crippen LogP contribution in [0.15, 0.2) is 12.5 Å². The third-order valence-corrected chi connectivity index (χ3v) is 1.83. The molecule has 1 heterocycles. The average molecular weight is 153 g/mol. The van der Waals surface area contributed by atoms with Crippen molar-refractivity contribution in [2.75, 3.05) is 6.54 Å². The standard InChI is InChI=1S/C8H15N3/c1-7(3-4-9)8-5-11(2)6-10-8/h5-7H,3-4,9H2,1-2H3. The molecule has 1 unspecified atom stereocenters. The topological polar surface area (TPSA) is 43.8 Å². The third-order valence-electron chi connectivity index (χ3n) is 1.83. The Morgan fingerprint density at radius 2 is 2.45 bits per heavy atom. The minimum absolute atomic E-state index is 0.487. The Morgan fingerprint density at radius 1 is 1.73 bits per heavy atom. The second kappa shape index (κ2) is 3.53. The van der Waals surface area contributed by atoms with E-state index in [0.29, 0.717) is 5.92 Å². The van der Waals surface area contributed by atoms with Crippen LogP contribution in [0.25, 0.3) is 0 Å². The maximum atomic E-state index is 5.44. The summed E-state index contributed by atoms with van der Waals surface area (Å²) in [6.07, 6.45) is 4.87. The lowest BCUT2D eigenvalue weighted by Gasteiger charge is -2.04. The number of nitrogens with two attached hydrogens (primary N) is 1. The minimum atomic E-state index is 0.487. The molecule has 3 nitrogen and oxygen atoms in total. The van der Waals surface area contributed by atoms with Crippen molar-refractivity contribution < 1.29 is 0 Å². The Hall–Kier alpha value is -0.830. The van der Waals surface area contributed by atoms with Gasteiger partial charge in [0.2, 0.25) is 0 Å². The second-order valence-corrected chi connectivity index (χ2v) is 2.94. The van der Waals surface area contributed by atoms with Crippen LogP contribution in [-0.2, 0) is 7.05 Å². The number of nitrogens with zero attached hydrogens (tertiary/aromatic N) is 2. The highest BCUT2D eigenvalue weighted by atomic mass is 15.0. The van der Waals surface area contributed by atoms with Crippen LogP contribution in [-0.4, -0.2) is 16.1 Å². The molecular weight excluding hydrogens is 138 g/mol. The molecule has 62 valence electrons. The van der Waals surface area contributed by atoms with Crippen molar-refractivity contribution in [3.05, 3.63) is 18.2 Å². The van der Waals surface area contributed by atoms with Gasteiger partial charge in [-0.15, -0.1) is 0 Å². The fraction of sp³-hybridized carbons (Fsp3) is 0.625. The van der Waals surface area contributed by atoms with E-state index in [1.807, 2.05) is 24.1 Å². The predicted octanol–water partition coefficient (Wildman–Crippen LogP) is 0.872. The zero-order valence-electron chi connectivity index (χ0n) is 7.12. The highest BCUT2D eigenvalue weighted by Crippen LogP contribution is 2.14. The molecule has 0 aliphatic heterocycles. The lowest BCUT2D eigenvalue weighted by Crippen LogP contribution is -2.04. The van der Waals surface area contributed by atoms with Gasteiger partial charge in [0.05, 0.1) is 12.0 Å². The van der Waals surface area contributed by atoms with E-state index < -0.39 is 0 Å². The molecule has 0 saturated carbocycles. The van der Waals surface area contributed by atoms with Crippen molar-refractivity contribution in [1.29, 1.82) is 0 Å². The largest absolute Gasteiger partial charge is 0.340 e. The van der Waals surface area contributed by atoms with Crippen LogP contribution in [0.3, 0.4) is 0 Å². The van der Waals surface area contributed by atoms with E-state index in [9.17, 15) is 0 Å². The summed E-state index contributed by atoms with van der Waals surface area (Å²) in [6.45, 7) is 2.88. The smallest absolute Gasteiger partial charge is 0.0946 e. The summed E-state index contributed by atoms with van der Waals surface area (Å²) in [6, 6.07) is 0. The molecule has 3 heteroatoms. The molecule has 1 atom stereocenters. The van der Waals surface area contributed by atoms with Crippen molar-refractivity contribution in [2.24, 2.45) is 12.8 Å². The molecule has 1 aromatic rings. The first-order chi connectivity index (χ1) is 5.24. The van der Waals surface area contributed by atoms with E-state index >= 15 is 0 Å².